The van der Waals surface area contributed by atoms with Gasteiger partial charge in [-0.1, -0.05) is 40.5 Å². The molecule has 8 nitrogen and oxygen atoms in total. The topological polar surface area (TPSA) is 105 Å². The summed E-state index contributed by atoms with van der Waals surface area (Å²) in [5.41, 5.74) is 4.40. The molecule has 6 rings (SSSR count). The van der Waals surface area contributed by atoms with Gasteiger partial charge in [-0.3, -0.25) is 9.97 Å². The van der Waals surface area contributed by atoms with E-state index in [-0.39, 0.29) is 5.69 Å². The summed E-state index contributed by atoms with van der Waals surface area (Å²) in [6.07, 6.45) is 10.8. The van der Waals surface area contributed by atoms with Crippen molar-refractivity contribution in [2.24, 2.45) is 5.92 Å². The minimum absolute atomic E-state index is 0.0626. The second-order valence-corrected chi connectivity index (χ2v) is 9.63. The summed E-state index contributed by atoms with van der Waals surface area (Å²) in [6, 6.07) is 5.69. The molecule has 0 bridgehead atoms. The third-order valence-electron chi connectivity index (χ3n) is 6.35. The van der Waals surface area contributed by atoms with Crippen LogP contribution in [0.25, 0.3) is 28.4 Å². The van der Waals surface area contributed by atoms with Crippen LogP contribution in [0.15, 0.2) is 47.4 Å². The third-order valence-corrected chi connectivity index (χ3v) is 6.92. The van der Waals surface area contributed by atoms with E-state index in [0.717, 1.165) is 42.9 Å². The summed E-state index contributed by atoms with van der Waals surface area (Å²) in [5, 5.41) is 14.3. The van der Waals surface area contributed by atoms with Crippen LogP contribution in [-0.4, -0.2) is 44.3 Å². The molecule has 0 amide bonds. The highest BCUT2D eigenvalue weighted by molar-refractivity contribution is 6.39. The van der Waals surface area contributed by atoms with Crippen LogP contribution in [0.1, 0.15) is 40.6 Å². The smallest absolute Gasteiger partial charge is 0.356 e. The average molecular weight is 508 g/mol. The number of carboxylic acids is 1. The van der Waals surface area contributed by atoms with Crippen molar-refractivity contribution >= 4 is 52.0 Å². The van der Waals surface area contributed by atoms with Crippen LogP contribution >= 0.6 is 23.2 Å². The van der Waals surface area contributed by atoms with E-state index in [1.165, 1.54) is 6.20 Å². The zero-order chi connectivity index (χ0) is 24.1. The van der Waals surface area contributed by atoms with Crippen molar-refractivity contribution in [2.75, 3.05) is 18.0 Å². The van der Waals surface area contributed by atoms with Gasteiger partial charge in [0.2, 0.25) is 0 Å². The standard InChI is InChI=1S/C25H19Cl2N5O3/c26-17-8-28-9-18(27)22(17)23-16(24(35-31-23)14-2-3-14)5-1-13-11-32(12-13)15-4-6-19-20(7-15)29-10-21(30-19)25(33)34/h1,4-10,13-14H,2-3,11-12H2,(H,33,34)/b5-1+. The quantitative estimate of drug-likeness (QED) is 0.353. The first-order valence-electron chi connectivity index (χ1n) is 11.2. The molecule has 1 aliphatic heterocycles. The lowest BCUT2D eigenvalue weighted by atomic mass is 9.96. The summed E-state index contributed by atoms with van der Waals surface area (Å²) in [6.45, 7) is 1.69. The SMILES string of the molecule is O=C(O)c1cnc2cc(N3CC(/C=C/c4c(-c5c(Cl)cncc5Cl)noc4C4CC4)C3)ccc2n1. The van der Waals surface area contributed by atoms with Crippen molar-refractivity contribution in [3.8, 4) is 11.3 Å². The van der Waals surface area contributed by atoms with Crippen molar-refractivity contribution in [2.45, 2.75) is 18.8 Å². The lowest BCUT2D eigenvalue weighted by molar-refractivity contribution is 0.0690. The van der Waals surface area contributed by atoms with Crippen LogP contribution in [0.5, 0.6) is 0 Å². The molecule has 10 heteroatoms. The number of nitrogens with zero attached hydrogens (tertiary/aromatic N) is 5. The van der Waals surface area contributed by atoms with E-state index in [4.69, 9.17) is 32.8 Å². The van der Waals surface area contributed by atoms with E-state index in [2.05, 4.69) is 37.2 Å². The fraction of sp³-hybridized carbons (Fsp3) is 0.240. The van der Waals surface area contributed by atoms with E-state index in [1.54, 1.807) is 18.5 Å². The second-order valence-electron chi connectivity index (χ2n) is 8.82. The molecule has 4 heterocycles. The van der Waals surface area contributed by atoms with Crippen LogP contribution < -0.4 is 4.90 Å². The normalized spacial score (nSPS) is 16.2. The van der Waals surface area contributed by atoms with Gasteiger partial charge in [0.15, 0.2) is 5.69 Å². The molecule has 3 aromatic heterocycles. The summed E-state index contributed by atoms with van der Waals surface area (Å²) in [7, 11) is 0. The van der Waals surface area contributed by atoms with E-state index in [0.29, 0.717) is 44.2 Å². The molecule has 4 aromatic rings. The molecule has 1 aromatic carbocycles. The van der Waals surface area contributed by atoms with Gasteiger partial charge in [-0.05, 0) is 31.0 Å². The molecule has 176 valence electrons. The average Bonchev–Trinajstić information content (AvgIpc) is 3.58. The summed E-state index contributed by atoms with van der Waals surface area (Å²) < 4.78 is 5.72. The van der Waals surface area contributed by atoms with Crippen molar-refractivity contribution in [3.05, 3.63) is 69.9 Å². The lowest BCUT2D eigenvalue weighted by Crippen LogP contribution is -2.45. The molecule has 0 radical (unpaired) electrons. The molecule has 1 saturated heterocycles. The molecule has 1 N–H and O–H groups in total. The maximum atomic E-state index is 11.1. The number of carbonyl (C=O) groups is 1. The Labute approximate surface area is 210 Å². The molecule has 2 fully saturated rings. The first-order chi connectivity index (χ1) is 17.0. The second kappa shape index (κ2) is 8.62. The fourth-order valence-corrected chi connectivity index (χ4v) is 4.85. The van der Waals surface area contributed by atoms with Crippen LogP contribution in [-0.2, 0) is 0 Å². The largest absolute Gasteiger partial charge is 0.476 e. The van der Waals surface area contributed by atoms with Gasteiger partial charge in [-0.15, -0.1) is 0 Å². The minimum atomic E-state index is -1.09. The van der Waals surface area contributed by atoms with Gasteiger partial charge in [-0.2, -0.15) is 0 Å². The maximum absolute atomic E-state index is 11.1. The number of aromatic carboxylic acids is 1. The molecule has 2 aliphatic rings. The predicted octanol–water partition coefficient (Wildman–Crippen LogP) is 5.71. The van der Waals surface area contributed by atoms with Gasteiger partial charge < -0.3 is 14.5 Å². The van der Waals surface area contributed by atoms with Crippen LogP contribution in [0, 0.1) is 5.92 Å². The Balaban J connectivity index is 1.21. The number of pyridine rings is 1. The Hall–Kier alpha value is -3.49. The Bertz CT molecular complexity index is 1470. The van der Waals surface area contributed by atoms with Gasteiger partial charge in [0.05, 0.1) is 27.3 Å². The number of anilines is 1. The van der Waals surface area contributed by atoms with Gasteiger partial charge in [0.25, 0.3) is 0 Å². The molecule has 1 aliphatic carbocycles. The van der Waals surface area contributed by atoms with Crippen molar-refractivity contribution in [1.82, 2.24) is 20.1 Å². The lowest BCUT2D eigenvalue weighted by Gasteiger charge is -2.39. The molecular weight excluding hydrogens is 489 g/mol. The third kappa shape index (κ3) is 4.13. The van der Waals surface area contributed by atoms with E-state index >= 15 is 0 Å². The molecular formula is C25H19Cl2N5O3. The van der Waals surface area contributed by atoms with E-state index < -0.39 is 5.97 Å². The first kappa shape index (κ1) is 22.0. The minimum Gasteiger partial charge on any atom is -0.476 e. The summed E-state index contributed by atoms with van der Waals surface area (Å²) in [5.74, 6) is 0.526. The number of halogens is 2. The number of carboxylic acid groups (broad SMARTS) is 1. The molecule has 0 unspecified atom stereocenters. The highest BCUT2D eigenvalue weighted by Crippen LogP contribution is 2.46. The highest BCUT2D eigenvalue weighted by atomic mass is 35.5. The summed E-state index contributed by atoms with van der Waals surface area (Å²) >= 11 is 12.8. The van der Waals surface area contributed by atoms with Gasteiger partial charge in [0.1, 0.15) is 11.5 Å². The van der Waals surface area contributed by atoms with E-state index in [1.807, 2.05) is 12.1 Å². The predicted molar refractivity (Wildman–Crippen MR) is 133 cm³/mol. The number of fused-ring (bicyclic) bond motifs is 1. The number of benzene rings is 1. The fourth-order valence-electron chi connectivity index (χ4n) is 4.31. The Morgan fingerprint density at radius 2 is 1.89 bits per heavy atom. The van der Waals surface area contributed by atoms with E-state index in [9.17, 15) is 4.79 Å². The number of aromatic nitrogens is 4. The van der Waals surface area contributed by atoms with Crippen molar-refractivity contribution in [3.63, 3.8) is 0 Å². The number of hydrogen-bond acceptors (Lipinski definition) is 7. The molecule has 1 saturated carbocycles. The molecule has 35 heavy (non-hydrogen) atoms. The Morgan fingerprint density at radius 3 is 2.60 bits per heavy atom. The summed E-state index contributed by atoms with van der Waals surface area (Å²) in [4.78, 5) is 25.8. The first-order valence-corrected chi connectivity index (χ1v) is 12.0. The Kier molecular flexibility index (Phi) is 5.42. The van der Waals surface area contributed by atoms with Gasteiger partial charge in [-0.25, -0.2) is 9.78 Å². The maximum Gasteiger partial charge on any atom is 0.356 e. The zero-order valence-corrected chi connectivity index (χ0v) is 19.9. The Morgan fingerprint density at radius 1 is 1.11 bits per heavy atom. The van der Waals surface area contributed by atoms with Crippen molar-refractivity contribution < 1.29 is 14.4 Å². The van der Waals surface area contributed by atoms with Gasteiger partial charge >= 0.3 is 5.97 Å². The molecule has 0 spiro atoms. The van der Waals surface area contributed by atoms with Crippen LogP contribution in [0.3, 0.4) is 0 Å². The van der Waals surface area contributed by atoms with Crippen molar-refractivity contribution in [1.29, 1.82) is 0 Å². The number of hydrogen-bond donors (Lipinski definition) is 1. The molecule has 0 atom stereocenters. The monoisotopic (exact) mass is 507 g/mol. The number of rotatable bonds is 6. The van der Waals surface area contributed by atoms with Gasteiger partial charge in [0, 0.05) is 54.1 Å². The highest BCUT2D eigenvalue weighted by Gasteiger charge is 2.33. The van der Waals surface area contributed by atoms with Crippen LogP contribution in [0.4, 0.5) is 5.69 Å². The zero-order valence-electron chi connectivity index (χ0n) is 18.4. The van der Waals surface area contributed by atoms with Crippen LogP contribution in [0.2, 0.25) is 10.0 Å².